The maximum atomic E-state index is 10.9. The Hall–Kier alpha value is -0.780. The molecule has 1 aromatic heterocycles. The van der Waals surface area contributed by atoms with Crippen LogP contribution in [0.25, 0.3) is 0 Å². The minimum Gasteiger partial charge on any atom is -0.760 e. The van der Waals surface area contributed by atoms with Gasteiger partial charge in [-0.3, -0.25) is 9.19 Å². The van der Waals surface area contributed by atoms with Crippen LogP contribution in [0.5, 0.6) is 0 Å². The Kier molecular flexibility index (Phi) is 5.59. The zero-order valence-corrected chi connectivity index (χ0v) is 10.4. The van der Waals surface area contributed by atoms with Crippen LogP contribution in [-0.4, -0.2) is 24.6 Å². The minimum absolute atomic E-state index is 0.0606. The van der Waals surface area contributed by atoms with Crippen LogP contribution in [0.1, 0.15) is 38.4 Å². The van der Waals surface area contributed by atoms with Crippen LogP contribution < -0.4 is 0 Å². The molecule has 1 aliphatic rings. The van der Waals surface area contributed by atoms with Crippen molar-refractivity contribution in [2.24, 2.45) is 0 Å². The minimum atomic E-state index is -2.13. The fourth-order valence-corrected chi connectivity index (χ4v) is 2.49. The van der Waals surface area contributed by atoms with Gasteiger partial charge < -0.3 is 4.55 Å². The Balaban J connectivity index is 0.000000606. The normalized spacial score (nSPS) is 22.3. The Labute approximate surface area is 99.1 Å². The molecule has 1 aliphatic heterocycles. The van der Waals surface area contributed by atoms with Gasteiger partial charge in [0, 0.05) is 24.0 Å². The lowest BCUT2D eigenvalue weighted by Gasteiger charge is -2.25. The van der Waals surface area contributed by atoms with Gasteiger partial charge in [0.15, 0.2) is 0 Å². The molecule has 16 heavy (non-hydrogen) atoms. The number of hydrogen-bond acceptors (Lipinski definition) is 3. The van der Waals surface area contributed by atoms with Gasteiger partial charge in [0.05, 0.1) is 11.7 Å². The molecule has 0 radical (unpaired) electrons. The Morgan fingerprint density at radius 3 is 2.81 bits per heavy atom. The second kappa shape index (κ2) is 6.73. The summed E-state index contributed by atoms with van der Waals surface area (Å²) in [7, 11) is 0. The summed E-state index contributed by atoms with van der Waals surface area (Å²) < 4.78 is 23.2. The summed E-state index contributed by atoms with van der Waals surface area (Å²) >= 11 is -2.13. The van der Waals surface area contributed by atoms with Crippen molar-refractivity contribution in [3.05, 3.63) is 30.1 Å². The first kappa shape index (κ1) is 13.3. The zero-order valence-electron chi connectivity index (χ0n) is 9.63. The van der Waals surface area contributed by atoms with Crippen molar-refractivity contribution in [3.63, 3.8) is 0 Å². The molecule has 2 atom stereocenters. The van der Waals surface area contributed by atoms with E-state index in [0.717, 1.165) is 18.5 Å². The van der Waals surface area contributed by atoms with E-state index in [4.69, 9.17) is 0 Å². The summed E-state index contributed by atoms with van der Waals surface area (Å²) in [6, 6.07) is 5.52. The standard InChI is InChI=1S/C9H12N2O2S.C2H6/c12-14(13)11-7-3-5-9(11)8-4-1-2-6-10-8;1-2/h1-2,4,6,9H,3,5,7H2,(H,12,13);1-2H3/p-1. The average molecular weight is 241 g/mol. The van der Waals surface area contributed by atoms with Gasteiger partial charge >= 0.3 is 0 Å². The smallest absolute Gasteiger partial charge is 0.0637 e. The number of nitrogens with zero attached hydrogens (tertiary/aromatic N) is 2. The van der Waals surface area contributed by atoms with Gasteiger partial charge in [-0.25, -0.2) is 4.31 Å². The topological polar surface area (TPSA) is 56.3 Å². The van der Waals surface area contributed by atoms with Crippen molar-refractivity contribution >= 4 is 11.3 Å². The predicted molar refractivity (Wildman–Crippen MR) is 63.2 cm³/mol. The third kappa shape index (κ3) is 3.10. The first-order valence-corrected chi connectivity index (χ1v) is 6.59. The SMILES string of the molecule is CC.O=S([O-])N1CCCC1c1ccccn1. The average Bonchev–Trinajstić information content (AvgIpc) is 2.82. The molecule has 2 heterocycles. The second-order valence-corrected chi connectivity index (χ2v) is 4.17. The van der Waals surface area contributed by atoms with Gasteiger partial charge in [0.25, 0.3) is 0 Å². The van der Waals surface area contributed by atoms with Crippen molar-refractivity contribution < 1.29 is 8.76 Å². The van der Waals surface area contributed by atoms with Crippen molar-refractivity contribution in [1.82, 2.24) is 9.29 Å². The van der Waals surface area contributed by atoms with E-state index in [2.05, 4.69) is 4.98 Å². The third-order valence-electron chi connectivity index (χ3n) is 2.42. The van der Waals surface area contributed by atoms with Gasteiger partial charge in [-0.1, -0.05) is 19.9 Å². The molecule has 4 nitrogen and oxygen atoms in total. The van der Waals surface area contributed by atoms with Crippen LogP contribution in [0.3, 0.4) is 0 Å². The van der Waals surface area contributed by atoms with Crippen LogP contribution in [0, 0.1) is 0 Å². The lowest BCUT2D eigenvalue weighted by atomic mass is 10.1. The van der Waals surface area contributed by atoms with Gasteiger partial charge in [0.2, 0.25) is 0 Å². The van der Waals surface area contributed by atoms with E-state index < -0.39 is 11.3 Å². The van der Waals surface area contributed by atoms with E-state index in [9.17, 15) is 8.76 Å². The van der Waals surface area contributed by atoms with Crippen molar-refractivity contribution in [1.29, 1.82) is 0 Å². The van der Waals surface area contributed by atoms with Crippen LogP contribution in [-0.2, 0) is 11.3 Å². The summed E-state index contributed by atoms with van der Waals surface area (Å²) in [6.45, 7) is 4.61. The van der Waals surface area contributed by atoms with Gasteiger partial charge in [-0.2, -0.15) is 0 Å². The molecular weight excluding hydrogens is 224 g/mol. The summed E-state index contributed by atoms with van der Waals surface area (Å²) in [4.78, 5) is 4.18. The quantitative estimate of drug-likeness (QED) is 0.744. The van der Waals surface area contributed by atoms with Crippen molar-refractivity contribution in [3.8, 4) is 0 Å². The number of hydrogen-bond donors (Lipinski definition) is 0. The Bertz CT molecular complexity index is 332. The molecule has 2 unspecified atom stereocenters. The number of rotatable bonds is 2. The highest BCUT2D eigenvalue weighted by Crippen LogP contribution is 2.30. The molecule has 1 saturated heterocycles. The van der Waals surface area contributed by atoms with Crippen LogP contribution >= 0.6 is 0 Å². The van der Waals surface area contributed by atoms with E-state index in [1.807, 2.05) is 32.0 Å². The molecular formula is C11H17N2O2S-. The fraction of sp³-hybridized carbons (Fsp3) is 0.545. The second-order valence-electron chi connectivity index (χ2n) is 3.27. The maximum absolute atomic E-state index is 10.9. The van der Waals surface area contributed by atoms with E-state index >= 15 is 0 Å². The molecule has 0 aliphatic carbocycles. The van der Waals surface area contributed by atoms with Crippen LogP contribution in [0.4, 0.5) is 0 Å². The summed E-state index contributed by atoms with van der Waals surface area (Å²) in [5.41, 5.74) is 0.842. The van der Waals surface area contributed by atoms with Crippen molar-refractivity contribution in [2.75, 3.05) is 6.54 Å². The monoisotopic (exact) mass is 241 g/mol. The van der Waals surface area contributed by atoms with E-state index in [1.165, 1.54) is 4.31 Å². The third-order valence-corrected chi connectivity index (χ3v) is 3.24. The summed E-state index contributed by atoms with van der Waals surface area (Å²) in [5, 5.41) is 0. The molecule has 0 saturated carbocycles. The van der Waals surface area contributed by atoms with Gasteiger partial charge in [0.1, 0.15) is 0 Å². The molecule has 0 N–H and O–H groups in total. The molecule has 0 bridgehead atoms. The highest BCUT2D eigenvalue weighted by molar-refractivity contribution is 7.76. The highest BCUT2D eigenvalue weighted by Gasteiger charge is 2.27. The molecule has 2 rings (SSSR count). The van der Waals surface area contributed by atoms with Gasteiger partial charge in [-0.15, -0.1) is 0 Å². The lowest BCUT2D eigenvalue weighted by molar-refractivity contribution is 0.370. The first-order chi connectivity index (χ1) is 7.79. The largest absolute Gasteiger partial charge is 0.760 e. The molecule has 1 aromatic rings. The highest BCUT2D eigenvalue weighted by atomic mass is 32.2. The summed E-state index contributed by atoms with van der Waals surface area (Å²) in [5.74, 6) is 0. The van der Waals surface area contributed by atoms with E-state index in [-0.39, 0.29) is 6.04 Å². The predicted octanol–water partition coefficient (Wildman–Crippen LogP) is 2.04. The van der Waals surface area contributed by atoms with Crippen LogP contribution in [0.2, 0.25) is 0 Å². The van der Waals surface area contributed by atoms with E-state index in [1.54, 1.807) is 6.20 Å². The van der Waals surface area contributed by atoms with Gasteiger partial charge in [-0.05, 0) is 25.0 Å². The zero-order chi connectivity index (χ0) is 12.0. The molecule has 5 heteroatoms. The van der Waals surface area contributed by atoms with Crippen molar-refractivity contribution in [2.45, 2.75) is 32.7 Å². The molecule has 90 valence electrons. The number of pyridine rings is 1. The van der Waals surface area contributed by atoms with E-state index in [0.29, 0.717) is 6.54 Å². The lowest BCUT2D eigenvalue weighted by Crippen LogP contribution is -2.25. The fourth-order valence-electron chi connectivity index (χ4n) is 1.79. The molecule has 0 aromatic carbocycles. The number of aromatic nitrogens is 1. The Morgan fingerprint density at radius 2 is 2.25 bits per heavy atom. The molecule has 0 spiro atoms. The van der Waals surface area contributed by atoms with Crippen LogP contribution in [0.15, 0.2) is 24.4 Å². The maximum Gasteiger partial charge on any atom is 0.0637 e. The molecule has 1 fully saturated rings. The first-order valence-electron chi connectivity index (χ1n) is 5.56. The summed E-state index contributed by atoms with van der Waals surface area (Å²) in [6.07, 6.45) is 3.47. The Morgan fingerprint density at radius 1 is 1.50 bits per heavy atom. The molecule has 0 amide bonds.